The van der Waals surface area contributed by atoms with Gasteiger partial charge >= 0.3 is 0 Å². The van der Waals surface area contributed by atoms with Gasteiger partial charge in [0, 0.05) is 30.0 Å². The van der Waals surface area contributed by atoms with Crippen molar-refractivity contribution in [2.45, 2.75) is 0 Å². The van der Waals surface area contributed by atoms with E-state index < -0.39 is 0 Å². The van der Waals surface area contributed by atoms with Crippen LogP contribution in [0.1, 0.15) is 5.56 Å². The zero-order valence-electron chi connectivity index (χ0n) is 13.3. The molecule has 1 amide bonds. The Bertz CT molecular complexity index is 688. The third-order valence-electron chi connectivity index (χ3n) is 3.14. The second kappa shape index (κ2) is 7.89. The van der Waals surface area contributed by atoms with Gasteiger partial charge in [0.2, 0.25) is 5.91 Å². The Hall–Kier alpha value is -2.95. The first-order valence-electron chi connectivity index (χ1n) is 7.01. The topological polar surface area (TPSA) is 56.8 Å². The largest absolute Gasteiger partial charge is 0.497 e. The molecule has 0 saturated carbocycles. The highest BCUT2D eigenvalue weighted by Crippen LogP contribution is 2.25. The SMILES string of the molecule is COc1cccc(C=CC(=O)Nc2cc(OC)cc(OC)c2)c1. The van der Waals surface area contributed by atoms with Gasteiger partial charge in [-0.05, 0) is 23.8 Å². The fourth-order valence-electron chi connectivity index (χ4n) is 1.98. The standard InChI is InChI=1S/C18H19NO4/c1-21-15-6-4-5-13(9-15)7-8-18(20)19-14-10-16(22-2)12-17(11-14)23-3/h4-12H,1-3H3,(H,19,20). The number of ether oxygens (including phenoxy) is 3. The van der Waals surface area contributed by atoms with Crippen molar-refractivity contribution in [3.8, 4) is 17.2 Å². The molecular weight excluding hydrogens is 294 g/mol. The van der Waals surface area contributed by atoms with E-state index >= 15 is 0 Å². The van der Waals surface area contributed by atoms with Crippen molar-refractivity contribution in [1.82, 2.24) is 0 Å². The molecule has 5 nitrogen and oxygen atoms in total. The van der Waals surface area contributed by atoms with Crippen molar-refractivity contribution in [3.63, 3.8) is 0 Å². The van der Waals surface area contributed by atoms with E-state index in [1.54, 1.807) is 45.6 Å². The van der Waals surface area contributed by atoms with E-state index in [1.165, 1.54) is 6.08 Å². The molecule has 0 heterocycles. The zero-order chi connectivity index (χ0) is 16.7. The van der Waals surface area contributed by atoms with Gasteiger partial charge in [0.1, 0.15) is 17.2 Å². The number of amides is 1. The fraction of sp³-hybridized carbons (Fsp3) is 0.167. The summed E-state index contributed by atoms with van der Waals surface area (Å²) in [5.41, 5.74) is 1.48. The predicted molar refractivity (Wildman–Crippen MR) is 90.2 cm³/mol. The molecule has 0 aliphatic rings. The van der Waals surface area contributed by atoms with E-state index in [-0.39, 0.29) is 5.91 Å². The molecule has 0 bridgehead atoms. The lowest BCUT2D eigenvalue weighted by atomic mass is 10.2. The maximum absolute atomic E-state index is 12.0. The number of hydrogen-bond donors (Lipinski definition) is 1. The van der Waals surface area contributed by atoms with Crippen LogP contribution in [0.4, 0.5) is 5.69 Å². The van der Waals surface area contributed by atoms with Gasteiger partial charge in [0.25, 0.3) is 0 Å². The Labute approximate surface area is 135 Å². The molecule has 0 radical (unpaired) electrons. The van der Waals surface area contributed by atoms with E-state index in [9.17, 15) is 4.79 Å². The molecule has 23 heavy (non-hydrogen) atoms. The van der Waals surface area contributed by atoms with Crippen LogP contribution >= 0.6 is 0 Å². The molecule has 0 aliphatic heterocycles. The molecule has 0 aromatic heterocycles. The van der Waals surface area contributed by atoms with Crippen LogP contribution in [0, 0.1) is 0 Å². The van der Waals surface area contributed by atoms with Gasteiger partial charge < -0.3 is 19.5 Å². The summed E-state index contributed by atoms with van der Waals surface area (Å²) in [4.78, 5) is 12.0. The van der Waals surface area contributed by atoms with Crippen LogP contribution in [-0.2, 0) is 4.79 Å². The average Bonchev–Trinajstić information content (AvgIpc) is 2.59. The lowest BCUT2D eigenvalue weighted by Crippen LogP contribution is -2.08. The molecule has 2 aromatic rings. The molecule has 1 N–H and O–H groups in total. The molecule has 120 valence electrons. The van der Waals surface area contributed by atoms with Gasteiger partial charge in [-0.1, -0.05) is 12.1 Å². The lowest BCUT2D eigenvalue weighted by Gasteiger charge is -2.08. The van der Waals surface area contributed by atoms with Crippen molar-refractivity contribution >= 4 is 17.7 Å². The molecule has 0 spiro atoms. The van der Waals surface area contributed by atoms with Crippen molar-refractivity contribution in [2.75, 3.05) is 26.6 Å². The summed E-state index contributed by atoms with van der Waals surface area (Å²) in [6.07, 6.45) is 3.18. The predicted octanol–water partition coefficient (Wildman–Crippen LogP) is 3.36. The van der Waals surface area contributed by atoms with E-state index in [2.05, 4.69) is 5.32 Å². The summed E-state index contributed by atoms with van der Waals surface area (Å²) in [6, 6.07) is 12.6. The first-order valence-corrected chi connectivity index (χ1v) is 7.01. The molecule has 0 unspecified atom stereocenters. The number of carbonyl (C=O) groups excluding carboxylic acids is 1. The second-order valence-electron chi connectivity index (χ2n) is 4.70. The minimum Gasteiger partial charge on any atom is -0.497 e. The number of benzene rings is 2. The van der Waals surface area contributed by atoms with Crippen LogP contribution in [0.2, 0.25) is 0 Å². The third kappa shape index (κ3) is 4.78. The Morgan fingerprint density at radius 2 is 1.57 bits per heavy atom. The van der Waals surface area contributed by atoms with E-state index in [0.29, 0.717) is 17.2 Å². The first-order chi connectivity index (χ1) is 11.1. The Morgan fingerprint density at radius 3 is 2.17 bits per heavy atom. The normalized spacial score (nSPS) is 10.4. The number of rotatable bonds is 6. The summed E-state index contributed by atoms with van der Waals surface area (Å²) in [6.45, 7) is 0. The maximum atomic E-state index is 12.0. The maximum Gasteiger partial charge on any atom is 0.248 e. The lowest BCUT2D eigenvalue weighted by molar-refractivity contribution is -0.111. The van der Waals surface area contributed by atoms with Gasteiger partial charge in [0.15, 0.2) is 0 Å². The van der Waals surface area contributed by atoms with Crippen LogP contribution in [-0.4, -0.2) is 27.2 Å². The average molecular weight is 313 g/mol. The zero-order valence-corrected chi connectivity index (χ0v) is 13.3. The van der Waals surface area contributed by atoms with Crippen LogP contribution in [0.5, 0.6) is 17.2 Å². The molecule has 0 saturated heterocycles. The van der Waals surface area contributed by atoms with Crippen LogP contribution in [0.25, 0.3) is 6.08 Å². The number of anilines is 1. The highest BCUT2D eigenvalue weighted by atomic mass is 16.5. The number of hydrogen-bond acceptors (Lipinski definition) is 4. The minimum absolute atomic E-state index is 0.247. The Morgan fingerprint density at radius 1 is 0.913 bits per heavy atom. The smallest absolute Gasteiger partial charge is 0.248 e. The fourth-order valence-corrected chi connectivity index (χ4v) is 1.98. The number of carbonyl (C=O) groups is 1. The second-order valence-corrected chi connectivity index (χ2v) is 4.70. The van der Waals surface area contributed by atoms with Gasteiger partial charge in [0.05, 0.1) is 21.3 Å². The van der Waals surface area contributed by atoms with Crippen molar-refractivity contribution in [3.05, 3.63) is 54.1 Å². The quantitative estimate of drug-likeness (QED) is 0.831. The highest BCUT2D eigenvalue weighted by Gasteiger charge is 2.04. The van der Waals surface area contributed by atoms with E-state index in [4.69, 9.17) is 14.2 Å². The van der Waals surface area contributed by atoms with Crippen molar-refractivity contribution in [2.24, 2.45) is 0 Å². The third-order valence-corrected chi connectivity index (χ3v) is 3.14. The number of methoxy groups -OCH3 is 3. The number of nitrogens with one attached hydrogen (secondary N) is 1. The summed E-state index contributed by atoms with van der Waals surface area (Å²) >= 11 is 0. The molecule has 5 heteroatoms. The van der Waals surface area contributed by atoms with Crippen molar-refractivity contribution < 1.29 is 19.0 Å². The Balaban J connectivity index is 2.08. The molecular formula is C18H19NO4. The molecule has 0 aliphatic carbocycles. The van der Waals surface area contributed by atoms with Crippen LogP contribution in [0.3, 0.4) is 0 Å². The highest BCUT2D eigenvalue weighted by molar-refractivity contribution is 6.02. The van der Waals surface area contributed by atoms with E-state index in [0.717, 1.165) is 11.3 Å². The summed E-state index contributed by atoms with van der Waals surface area (Å²) in [5.74, 6) is 1.71. The summed E-state index contributed by atoms with van der Waals surface area (Å²) < 4.78 is 15.5. The summed E-state index contributed by atoms with van der Waals surface area (Å²) in [5, 5.41) is 2.77. The van der Waals surface area contributed by atoms with E-state index in [1.807, 2.05) is 24.3 Å². The van der Waals surface area contributed by atoms with Crippen molar-refractivity contribution in [1.29, 1.82) is 0 Å². The van der Waals surface area contributed by atoms with Crippen LogP contribution < -0.4 is 19.5 Å². The van der Waals surface area contributed by atoms with Crippen LogP contribution in [0.15, 0.2) is 48.5 Å². The van der Waals surface area contributed by atoms with Gasteiger partial charge in [-0.3, -0.25) is 4.79 Å². The summed E-state index contributed by atoms with van der Waals surface area (Å²) in [7, 11) is 4.72. The molecule has 0 atom stereocenters. The Kier molecular flexibility index (Phi) is 5.63. The molecule has 2 rings (SSSR count). The monoisotopic (exact) mass is 313 g/mol. The van der Waals surface area contributed by atoms with Gasteiger partial charge in [-0.2, -0.15) is 0 Å². The van der Waals surface area contributed by atoms with Gasteiger partial charge in [-0.15, -0.1) is 0 Å². The molecule has 2 aromatic carbocycles. The molecule has 0 fully saturated rings. The van der Waals surface area contributed by atoms with Gasteiger partial charge in [-0.25, -0.2) is 0 Å². The minimum atomic E-state index is -0.247. The first kappa shape index (κ1) is 16.4.